The van der Waals surface area contributed by atoms with Gasteiger partial charge in [-0.3, -0.25) is 9.48 Å². The highest BCUT2D eigenvalue weighted by Gasteiger charge is 2.46. The number of hydrogen-bond acceptors (Lipinski definition) is 5. The Morgan fingerprint density at radius 2 is 1.91 bits per heavy atom. The molecule has 2 aromatic heterocycles. The van der Waals surface area contributed by atoms with Crippen molar-refractivity contribution >= 4 is 11.9 Å². The molecule has 1 atom stereocenters. The SMILES string of the molecule is CCOC(=O)c1oc2c(c1C(F)(F)F)-c1nn(CC3CCN(C(=O)C4CC4)CC3)cc1[C@H](C)C2. The van der Waals surface area contributed by atoms with Gasteiger partial charge in [0, 0.05) is 43.7 Å². The number of piperidine rings is 1. The van der Waals surface area contributed by atoms with E-state index in [0.29, 0.717) is 25.6 Å². The summed E-state index contributed by atoms with van der Waals surface area (Å²) < 4.78 is 54.2. The zero-order chi connectivity index (χ0) is 24.2. The largest absolute Gasteiger partial charge is 0.460 e. The van der Waals surface area contributed by atoms with E-state index < -0.39 is 23.5 Å². The maximum absolute atomic E-state index is 14.1. The first kappa shape index (κ1) is 23.0. The van der Waals surface area contributed by atoms with Gasteiger partial charge in [-0.05, 0) is 44.4 Å². The van der Waals surface area contributed by atoms with Crippen molar-refractivity contribution in [2.45, 2.75) is 64.6 Å². The quantitative estimate of drug-likeness (QED) is 0.584. The van der Waals surface area contributed by atoms with Gasteiger partial charge in [0.05, 0.1) is 17.9 Å². The van der Waals surface area contributed by atoms with E-state index in [0.717, 1.165) is 31.2 Å². The van der Waals surface area contributed by atoms with Crippen LogP contribution in [0.5, 0.6) is 0 Å². The second-order valence-electron chi connectivity index (χ2n) is 9.63. The van der Waals surface area contributed by atoms with E-state index in [4.69, 9.17) is 9.15 Å². The van der Waals surface area contributed by atoms with Crippen molar-refractivity contribution in [1.82, 2.24) is 14.7 Å². The molecule has 1 amide bonds. The molecule has 184 valence electrons. The number of alkyl halides is 3. The smallest absolute Gasteiger partial charge is 0.421 e. The zero-order valence-corrected chi connectivity index (χ0v) is 19.3. The van der Waals surface area contributed by atoms with Crippen molar-refractivity contribution < 1.29 is 31.9 Å². The molecule has 3 heterocycles. The van der Waals surface area contributed by atoms with E-state index in [1.165, 1.54) is 6.92 Å². The maximum Gasteiger partial charge on any atom is 0.421 e. The molecule has 2 aliphatic carbocycles. The van der Waals surface area contributed by atoms with Gasteiger partial charge in [-0.2, -0.15) is 18.3 Å². The Hall–Kier alpha value is -2.78. The summed E-state index contributed by atoms with van der Waals surface area (Å²) in [5.74, 6) is -1.15. The highest BCUT2D eigenvalue weighted by Crippen LogP contribution is 2.48. The van der Waals surface area contributed by atoms with Gasteiger partial charge < -0.3 is 14.1 Å². The number of likely N-dealkylation sites (tertiary alicyclic amines) is 1. The average molecular weight is 479 g/mol. The Labute approximate surface area is 195 Å². The van der Waals surface area contributed by atoms with Gasteiger partial charge in [0.15, 0.2) is 0 Å². The molecule has 1 saturated heterocycles. The van der Waals surface area contributed by atoms with Gasteiger partial charge in [-0.1, -0.05) is 6.92 Å². The average Bonchev–Trinajstić information content (AvgIpc) is 3.42. The lowest BCUT2D eigenvalue weighted by Crippen LogP contribution is -2.40. The Morgan fingerprint density at radius 1 is 1.21 bits per heavy atom. The number of aromatic nitrogens is 2. The number of amides is 1. The minimum Gasteiger partial charge on any atom is -0.460 e. The Bertz CT molecular complexity index is 1110. The topological polar surface area (TPSA) is 77.6 Å². The highest BCUT2D eigenvalue weighted by atomic mass is 19.4. The molecule has 0 spiro atoms. The summed E-state index contributed by atoms with van der Waals surface area (Å²) in [7, 11) is 0. The first-order valence-electron chi connectivity index (χ1n) is 11.9. The normalized spacial score (nSPS) is 20.7. The number of ether oxygens (including phenoxy) is 1. The zero-order valence-electron chi connectivity index (χ0n) is 19.3. The number of fused-ring (bicyclic) bond motifs is 3. The second kappa shape index (κ2) is 8.46. The lowest BCUT2D eigenvalue weighted by atomic mass is 9.86. The fraction of sp³-hybridized carbons (Fsp3) is 0.625. The van der Waals surface area contributed by atoms with Crippen LogP contribution in [0.1, 0.15) is 72.9 Å². The van der Waals surface area contributed by atoms with Gasteiger partial charge in [-0.25, -0.2) is 4.79 Å². The van der Waals surface area contributed by atoms with Crippen LogP contribution in [-0.2, 0) is 28.7 Å². The minimum atomic E-state index is -4.79. The summed E-state index contributed by atoms with van der Waals surface area (Å²) in [4.78, 5) is 26.5. The molecule has 5 rings (SSSR count). The van der Waals surface area contributed by atoms with Crippen LogP contribution in [0.25, 0.3) is 11.3 Å². The molecule has 0 N–H and O–H groups in total. The lowest BCUT2D eigenvalue weighted by Gasteiger charge is -2.32. The fourth-order valence-electron chi connectivity index (χ4n) is 5.15. The number of rotatable bonds is 5. The summed E-state index contributed by atoms with van der Waals surface area (Å²) in [6.45, 7) is 5.39. The predicted octanol–water partition coefficient (Wildman–Crippen LogP) is 4.65. The van der Waals surface area contributed by atoms with Gasteiger partial charge in [0.2, 0.25) is 11.7 Å². The predicted molar refractivity (Wildman–Crippen MR) is 115 cm³/mol. The third kappa shape index (κ3) is 4.11. The molecule has 10 heteroatoms. The van der Waals surface area contributed by atoms with E-state index in [1.54, 1.807) is 4.68 Å². The summed E-state index contributed by atoms with van der Waals surface area (Å²) in [5, 5.41) is 4.55. The molecular weight excluding hydrogens is 451 g/mol. The van der Waals surface area contributed by atoms with Gasteiger partial charge in [-0.15, -0.1) is 0 Å². The summed E-state index contributed by atoms with van der Waals surface area (Å²) in [6, 6.07) is 0. The molecule has 1 aliphatic heterocycles. The van der Waals surface area contributed by atoms with Crippen LogP contribution in [0.15, 0.2) is 10.6 Å². The van der Waals surface area contributed by atoms with Crippen LogP contribution >= 0.6 is 0 Å². The molecule has 7 nitrogen and oxygen atoms in total. The van der Waals surface area contributed by atoms with Crippen molar-refractivity contribution in [3.05, 3.63) is 28.8 Å². The van der Waals surface area contributed by atoms with E-state index in [1.807, 2.05) is 18.0 Å². The van der Waals surface area contributed by atoms with Crippen molar-refractivity contribution in [2.75, 3.05) is 19.7 Å². The molecule has 2 aromatic rings. The number of furan rings is 1. The van der Waals surface area contributed by atoms with Gasteiger partial charge in [0.1, 0.15) is 11.3 Å². The van der Waals surface area contributed by atoms with Crippen molar-refractivity contribution in [3.8, 4) is 11.3 Å². The third-order valence-electron chi connectivity index (χ3n) is 7.07. The fourth-order valence-corrected chi connectivity index (χ4v) is 5.15. The van der Waals surface area contributed by atoms with Gasteiger partial charge in [0.25, 0.3) is 0 Å². The highest BCUT2D eigenvalue weighted by molar-refractivity contribution is 5.92. The van der Waals surface area contributed by atoms with E-state index in [9.17, 15) is 22.8 Å². The summed E-state index contributed by atoms with van der Waals surface area (Å²) in [5.41, 5.74) is -0.309. The van der Waals surface area contributed by atoms with Crippen LogP contribution < -0.4 is 0 Å². The Kier molecular flexibility index (Phi) is 5.72. The third-order valence-corrected chi connectivity index (χ3v) is 7.07. The number of nitrogens with zero attached hydrogens (tertiary/aromatic N) is 3. The maximum atomic E-state index is 14.1. The van der Waals surface area contributed by atoms with Crippen molar-refractivity contribution in [1.29, 1.82) is 0 Å². The number of carbonyl (C=O) groups excluding carboxylic acids is 2. The Balaban J connectivity index is 1.41. The summed E-state index contributed by atoms with van der Waals surface area (Å²) in [6.07, 6.45) is 0.946. The number of esters is 1. The molecule has 0 aromatic carbocycles. The molecule has 0 bridgehead atoms. The van der Waals surface area contributed by atoms with Crippen molar-refractivity contribution in [2.24, 2.45) is 11.8 Å². The first-order chi connectivity index (χ1) is 16.2. The van der Waals surface area contributed by atoms with Gasteiger partial charge >= 0.3 is 12.1 Å². The molecule has 2 fully saturated rings. The van der Waals surface area contributed by atoms with Crippen molar-refractivity contribution in [3.63, 3.8) is 0 Å². The van der Waals surface area contributed by atoms with E-state index in [-0.39, 0.29) is 47.8 Å². The van der Waals surface area contributed by atoms with Crippen LogP contribution in [-0.4, -0.2) is 46.3 Å². The van der Waals surface area contributed by atoms with Crippen LogP contribution in [0, 0.1) is 11.8 Å². The molecule has 3 aliphatic rings. The van der Waals surface area contributed by atoms with Crippen LogP contribution in [0.2, 0.25) is 0 Å². The number of hydrogen-bond donors (Lipinski definition) is 0. The lowest BCUT2D eigenvalue weighted by molar-refractivity contribution is -0.138. The van der Waals surface area contributed by atoms with Crippen LogP contribution in [0.3, 0.4) is 0 Å². The molecule has 1 saturated carbocycles. The minimum absolute atomic E-state index is 0.0527. The molecular formula is C24H28F3N3O4. The number of carbonyl (C=O) groups is 2. The number of halogens is 3. The molecule has 34 heavy (non-hydrogen) atoms. The summed E-state index contributed by atoms with van der Waals surface area (Å²) >= 11 is 0. The first-order valence-corrected chi connectivity index (χ1v) is 11.9. The van der Waals surface area contributed by atoms with E-state index in [2.05, 4.69) is 5.10 Å². The van der Waals surface area contributed by atoms with Crippen LogP contribution in [0.4, 0.5) is 13.2 Å². The second-order valence-corrected chi connectivity index (χ2v) is 9.63. The van der Waals surface area contributed by atoms with E-state index >= 15 is 0 Å². The molecule has 0 radical (unpaired) electrons. The molecule has 0 unspecified atom stereocenters. The monoisotopic (exact) mass is 479 g/mol. The Morgan fingerprint density at radius 3 is 2.53 bits per heavy atom. The standard InChI is InChI=1S/C24H28F3N3O4/c1-3-33-23(32)21-19(24(25,26)27)18-17(34-21)10-13(2)16-12-30(28-20(16)18)11-14-6-8-29(9-7-14)22(31)15-4-5-15/h12-15H,3-11H2,1-2H3/t13-/m1/s1.